The van der Waals surface area contributed by atoms with Crippen LogP contribution in [0.1, 0.15) is 19.8 Å². The van der Waals surface area contributed by atoms with Crippen LogP contribution in [-0.2, 0) is 9.53 Å². The van der Waals surface area contributed by atoms with Crippen LogP contribution >= 0.6 is 0 Å². The molecule has 0 spiro atoms. The molecule has 1 aliphatic rings. The fraction of sp³-hybridized carbons (Fsp3) is 0.917. The minimum absolute atomic E-state index is 0.185. The van der Waals surface area contributed by atoms with E-state index in [1.54, 1.807) is 6.92 Å². The summed E-state index contributed by atoms with van der Waals surface area (Å²) in [7, 11) is 3.63. The Morgan fingerprint density at radius 1 is 1.65 bits per heavy atom. The average molecular weight is 244 g/mol. The molecule has 0 aromatic rings. The van der Waals surface area contributed by atoms with Crippen molar-refractivity contribution in [1.29, 1.82) is 0 Å². The lowest BCUT2D eigenvalue weighted by molar-refractivity contribution is -0.146. The molecule has 0 saturated carbocycles. The Morgan fingerprint density at radius 2 is 2.35 bits per heavy atom. The topological polar surface area (TPSA) is 61.8 Å². The van der Waals surface area contributed by atoms with E-state index in [9.17, 15) is 9.90 Å². The van der Waals surface area contributed by atoms with Gasteiger partial charge in [0.05, 0.1) is 6.61 Å². The normalized spacial score (nSPS) is 25.5. The number of ether oxygens (including phenoxy) is 1. The summed E-state index contributed by atoms with van der Waals surface area (Å²) in [5, 5.41) is 12.3. The number of aliphatic carboxylic acids is 1. The third-order valence-electron chi connectivity index (χ3n) is 3.41. The second-order valence-electron chi connectivity index (χ2n) is 5.22. The van der Waals surface area contributed by atoms with E-state index in [2.05, 4.69) is 17.3 Å². The monoisotopic (exact) mass is 244 g/mol. The fourth-order valence-corrected chi connectivity index (χ4v) is 2.29. The highest BCUT2D eigenvalue weighted by atomic mass is 16.5. The Kier molecular flexibility index (Phi) is 5.36. The summed E-state index contributed by atoms with van der Waals surface area (Å²) in [6, 6.07) is 0. The molecule has 5 nitrogen and oxygen atoms in total. The first-order chi connectivity index (χ1) is 7.98. The number of carboxylic acids is 1. The Hall–Kier alpha value is -0.650. The molecule has 17 heavy (non-hydrogen) atoms. The third-order valence-corrected chi connectivity index (χ3v) is 3.41. The van der Waals surface area contributed by atoms with Gasteiger partial charge in [-0.15, -0.1) is 0 Å². The van der Waals surface area contributed by atoms with Crippen molar-refractivity contribution < 1.29 is 14.6 Å². The van der Waals surface area contributed by atoms with Crippen LogP contribution in [0.15, 0.2) is 0 Å². The fourth-order valence-electron chi connectivity index (χ4n) is 2.29. The molecular formula is C12H24N2O3. The number of carbonyl (C=O) groups is 1. The molecule has 100 valence electrons. The molecule has 2 unspecified atom stereocenters. The maximum Gasteiger partial charge on any atom is 0.326 e. The molecule has 0 aromatic heterocycles. The summed E-state index contributed by atoms with van der Waals surface area (Å²) in [6.07, 6.45) is 2.36. The van der Waals surface area contributed by atoms with Gasteiger partial charge in [-0.3, -0.25) is 10.1 Å². The number of nitrogens with one attached hydrogen (secondary N) is 1. The van der Waals surface area contributed by atoms with Gasteiger partial charge in [0.2, 0.25) is 0 Å². The molecule has 0 aromatic carbocycles. The summed E-state index contributed by atoms with van der Waals surface area (Å²) >= 11 is 0. The van der Waals surface area contributed by atoms with E-state index >= 15 is 0 Å². The SMILES string of the molecule is COCC(C)(NCC1CCCN(C)C1)C(=O)O. The highest BCUT2D eigenvalue weighted by Gasteiger charge is 2.33. The molecule has 0 radical (unpaired) electrons. The van der Waals surface area contributed by atoms with Crippen molar-refractivity contribution >= 4 is 5.97 Å². The lowest BCUT2D eigenvalue weighted by Gasteiger charge is -2.33. The zero-order valence-electron chi connectivity index (χ0n) is 11.0. The van der Waals surface area contributed by atoms with Gasteiger partial charge in [-0.25, -0.2) is 0 Å². The molecule has 1 aliphatic heterocycles. The number of likely N-dealkylation sites (tertiary alicyclic amines) is 1. The van der Waals surface area contributed by atoms with E-state index in [1.165, 1.54) is 20.0 Å². The minimum atomic E-state index is -0.981. The van der Waals surface area contributed by atoms with Crippen molar-refractivity contribution in [2.24, 2.45) is 5.92 Å². The zero-order chi connectivity index (χ0) is 12.9. The van der Waals surface area contributed by atoms with Crippen LogP contribution in [0.3, 0.4) is 0 Å². The van der Waals surface area contributed by atoms with Crippen LogP contribution in [0.5, 0.6) is 0 Å². The highest BCUT2D eigenvalue weighted by Crippen LogP contribution is 2.15. The quantitative estimate of drug-likeness (QED) is 0.708. The minimum Gasteiger partial charge on any atom is -0.480 e. The second kappa shape index (κ2) is 6.33. The lowest BCUT2D eigenvalue weighted by atomic mass is 9.96. The van der Waals surface area contributed by atoms with Crippen molar-refractivity contribution in [3.8, 4) is 0 Å². The first kappa shape index (κ1) is 14.4. The van der Waals surface area contributed by atoms with Gasteiger partial charge in [-0.2, -0.15) is 0 Å². The predicted octanol–water partition coefficient (Wildman–Crippen LogP) is 0.408. The first-order valence-electron chi connectivity index (χ1n) is 6.14. The summed E-state index contributed by atoms with van der Waals surface area (Å²) < 4.78 is 4.98. The van der Waals surface area contributed by atoms with Gasteiger partial charge < -0.3 is 14.7 Å². The van der Waals surface area contributed by atoms with Gasteiger partial charge in [0.1, 0.15) is 5.54 Å². The molecule has 1 fully saturated rings. The number of rotatable bonds is 6. The number of carboxylic acid groups (broad SMARTS) is 1. The summed E-state index contributed by atoms with van der Waals surface area (Å²) in [5.41, 5.74) is -0.981. The summed E-state index contributed by atoms with van der Waals surface area (Å²) in [5.74, 6) is -0.326. The van der Waals surface area contributed by atoms with Crippen molar-refractivity contribution in [2.45, 2.75) is 25.3 Å². The van der Waals surface area contributed by atoms with E-state index in [-0.39, 0.29) is 6.61 Å². The zero-order valence-corrected chi connectivity index (χ0v) is 11.0. The Balaban J connectivity index is 2.43. The maximum atomic E-state index is 11.2. The van der Waals surface area contributed by atoms with E-state index in [0.29, 0.717) is 5.92 Å². The second-order valence-corrected chi connectivity index (χ2v) is 5.22. The molecule has 5 heteroatoms. The molecule has 0 amide bonds. The van der Waals surface area contributed by atoms with Gasteiger partial charge >= 0.3 is 5.97 Å². The lowest BCUT2D eigenvalue weighted by Crippen LogP contribution is -2.55. The van der Waals surface area contributed by atoms with Crippen molar-refractivity contribution in [3.05, 3.63) is 0 Å². The van der Waals surface area contributed by atoms with Crippen LogP contribution in [0, 0.1) is 5.92 Å². The van der Waals surface area contributed by atoms with E-state index < -0.39 is 11.5 Å². The van der Waals surface area contributed by atoms with Gasteiger partial charge in [0.25, 0.3) is 0 Å². The van der Waals surface area contributed by atoms with Gasteiger partial charge in [0.15, 0.2) is 0 Å². The van der Waals surface area contributed by atoms with Crippen molar-refractivity contribution in [2.75, 3.05) is 40.4 Å². The van der Waals surface area contributed by atoms with Crippen molar-refractivity contribution in [3.63, 3.8) is 0 Å². The molecule has 1 heterocycles. The molecule has 1 rings (SSSR count). The average Bonchev–Trinajstić information content (AvgIpc) is 2.27. The molecule has 1 saturated heterocycles. The Bertz CT molecular complexity index is 260. The summed E-state index contributed by atoms with van der Waals surface area (Å²) in [4.78, 5) is 13.5. The molecule has 2 atom stereocenters. The van der Waals surface area contributed by atoms with Crippen LogP contribution in [-0.4, -0.2) is 61.9 Å². The molecular weight excluding hydrogens is 220 g/mol. The number of hydrogen-bond donors (Lipinski definition) is 2. The highest BCUT2D eigenvalue weighted by molar-refractivity contribution is 5.78. The van der Waals surface area contributed by atoms with Gasteiger partial charge in [-0.05, 0) is 39.3 Å². The molecule has 0 aliphatic carbocycles. The standard InChI is InChI=1S/C12H24N2O3/c1-12(9-17-3,11(15)16)13-7-10-5-4-6-14(2)8-10/h10,13H,4-9H2,1-3H3,(H,15,16). The number of piperidine rings is 1. The van der Waals surface area contributed by atoms with Gasteiger partial charge in [0, 0.05) is 20.2 Å². The van der Waals surface area contributed by atoms with Crippen LogP contribution in [0.4, 0.5) is 0 Å². The van der Waals surface area contributed by atoms with Crippen LogP contribution in [0.2, 0.25) is 0 Å². The maximum absolute atomic E-state index is 11.2. The van der Waals surface area contributed by atoms with E-state index in [0.717, 1.165) is 19.6 Å². The first-order valence-corrected chi connectivity index (χ1v) is 6.14. The smallest absolute Gasteiger partial charge is 0.326 e. The predicted molar refractivity (Wildman–Crippen MR) is 66.1 cm³/mol. The summed E-state index contributed by atoms with van der Waals surface area (Å²) in [6.45, 7) is 4.77. The third kappa shape index (κ3) is 4.26. The molecule has 0 bridgehead atoms. The van der Waals surface area contributed by atoms with Crippen molar-refractivity contribution in [1.82, 2.24) is 10.2 Å². The van der Waals surface area contributed by atoms with E-state index in [1.807, 2.05) is 0 Å². The van der Waals surface area contributed by atoms with Gasteiger partial charge in [-0.1, -0.05) is 0 Å². The number of methoxy groups -OCH3 is 1. The Morgan fingerprint density at radius 3 is 2.88 bits per heavy atom. The number of nitrogens with zero attached hydrogens (tertiary/aromatic N) is 1. The Labute approximate surface area is 103 Å². The van der Waals surface area contributed by atoms with Crippen LogP contribution < -0.4 is 5.32 Å². The molecule has 2 N–H and O–H groups in total. The number of hydrogen-bond acceptors (Lipinski definition) is 4. The largest absolute Gasteiger partial charge is 0.480 e. The van der Waals surface area contributed by atoms with E-state index in [4.69, 9.17) is 4.74 Å². The van der Waals surface area contributed by atoms with Crippen LogP contribution in [0.25, 0.3) is 0 Å².